The average Bonchev–Trinajstić information content (AvgIpc) is 2.98. The van der Waals surface area contributed by atoms with Crippen molar-refractivity contribution in [1.82, 2.24) is 9.78 Å². The Balaban J connectivity index is 1.72. The molecule has 100 valence electrons. The van der Waals surface area contributed by atoms with Crippen molar-refractivity contribution in [2.24, 2.45) is 0 Å². The van der Waals surface area contributed by atoms with Gasteiger partial charge in [-0.1, -0.05) is 6.92 Å². The molecule has 0 amide bonds. The highest BCUT2D eigenvalue weighted by Gasteiger charge is 2.41. The van der Waals surface area contributed by atoms with E-state index >= 15 is 0 Å². The minimum atomic E-state index is -0.261. The Bertz CT molecular complexity index is 417. The summed E-state index contributed by atoms with van der Waals surface area (Å²) in [6.45, 7) is 3.71. The Morgan fingerprint density at radius 1 is 1.39 bits per heavy atom. The molecule has 2 aliphatic rings. The number of hydrogen-bond acceptors (Lipinski definition) is 3. The number of hydrogen-bond donors (Lipinski definition) is 0. The van der Waals surface area contributed by atoms with Gasteiger partial charge in [-0.25, -0.2) is 0 Å². The molecule has 2 heterocycles. The van der Waals surface area contributed by atoms with Gasteiger partial charge in [-0.05, 0) is 41.9 Å². The first kappa shape index (κ1) is 12.9. The Kier molecular flexibility index (Phi) is 3.64. The Hall–Kier alpha value is -0.140. The lowest BCUT2D eigenvalue weighted by atomic mass is 9.90. The Morgan fingerprint density at radius 3 is 2.67 bits per heavy atom. The predicted molar refractivity (Wildman–Crippen MR) is 76.5 cm³/mol. The van der Waals surface area contributed by atoms with Gasteiger partial charge in [-0.2, -0.15) is 5.10 Å². The van der Waals surface area contributed by atoms with Crippen LogP contribution in [0, 0.1) is 3.57 Å². The van der Waals surface area contributed by atoms with E-state index in [1.165, 1.54) is 9.26 Å². The van der Waals surface area contributed by atoms with Crippen LogP contribution in [-0.2, 0) is 15.9 Å². The van der Waals surface area contributed by atoms with Crippen LogP contribution in [0.4, 0.5) is 0 Å². The molecule has 1 aliphatic heterocycles. The molecule has 1 saturated heterocycles. The third-order valence-corrected chi connectivity index (χ3v) is 4.96. The molecular weight excluding hydrogens is 343 g/mol. The molecule has 1 spiro atoms. The minimum Gasteiger partial charge on any atom is -0.348 e. The Morgan fingerprint density at radius 2 is 2.06 bits per heavy atom. The highest BCUT2D eigenvalue weighted by Crippen LogP contribution is 2.40. The molecule has 0 radical (unpaired) electrons. The summed E-state index contributed by atoms with van der Waals surface area (Å²) in [6, 6.07) is 0.516. The van der Waals surface area contributed by atoms with Crippen molar-refractivity contribution in [3.05, 3.63) is 15.5 Å². The molecule has 3 rings (SSSR count). The van der Waals surface area contributed by atoms with Gasteiger partial charge in [0, 0.05) is 12.8 Å². The molecule has 5 heteroatoms. The van der Waals surface area contributed by atoms with E-state index in [-0.39, 0.29) is 5.79 Å². The first-order chi connectivity index (χ1) is 8.74. The van der Waals surface area contributed by atoms with E-state index in [1.807, 2.05) is 6.20 Å². The summed E-state index contributed by atoms with van der Waals surface area (Å²) < 4.78 is 15.1. The molecule has 1 aliphatic carbocycles. The summed E-state index contributed by atoms with van der Waals surface area (Å²) >= 11 is 2.38. The fourth-order valence-corrected chi connectivity index (χ4v) is 3.84. The van der Waals surface area contributed by atoms with Crippen molar-refractivity contribution in [3.63, 3.8) is 0 Å². The zero-order chi connectivity index (χ0) is 12.6. The summed E-state index contributed by atoms with van der Waals surface area (Å²) in [7, 11) is 0. The van der Waals surface area contributed by atoms with Gasteiger partial charge in [-0.3, -0.25) is 4.68 Å². The summed E-state index contributed by atoms with van der Waals surface area (Å²) in [4.78, 5) is 0. The SMILES string of the molecule is CCc1c(I)cnn1C1CCC2(CC1)OCCO2. The average molecular weight is 362 g/mol. The van der Waals surface area contributed by atoms with Gasteiger partial charge >= 0.3 is 0 Å². The predicted octanol–water partition coefficient (Wildman–Crippen LogP) is 2.91. The van der Waals surface area contributed by atoms with Crippen LogP contribution in [0.15, 0.2) is 6.20 Å². The van der Waals surface area contributed by atoms with Gasteiger partial charge in [0.25, 0.3) is 0 Å². The normalized spacial score (nSPS) is 23.9. The molecule has 2 fully saturated rings. The Labute approximate surface area is 121 Å². The van der Waals surface area contributed by atoms with Crippen LogP contribution in [0.5, 0.6) is 0 Å². The van der Waals surface area contributed by atoms with Gasteiger partial charge in [0.1, 0.15) is 0 Å². The topological polar surface area (TPSA) is 36.3 Å². The lowest BCUT2D eigenvalue weighted by Gasteiger charge is -2.35. The van der Waals surface area contributed by atoms with Crippen molar-refractivity contribution < 1.29 is 9.47 Å². The van der Waals surface area contributed by atoms with Gasteiger partial charge in [-0.15, -0.1) is 0 Å². The molecule has 0 atom stereocenters. The van der Waals surface area contributed by atoms with Crippen molar-refractivity contribution >= 4 is 22.6 Å². The number of halogens is 1. The maximum Gasteiger partial charge on any atom is 0.168 e. The van der Waals surface area contributed by atoms with E-state index in [1.54, 1.807) is 0 Å². The van der Waals surface area contributed by atoms with Crippen LogP contribution in [0.25, 0.3) is 0 Å². The molecule has 4 nitrogen and oxygen atoms in total. The molecule has 0 aromatic carbocycles. The van der Waals surface area contributed by atoms with E-state index in [0.29, 0.717) is 6.04 Å². The van der Waals surface area contributed by atoms with Crippen molar-refractivity contribution in [3.8, 4) is 0 Å². The summed E-state index contributed by atoms with van der Waals surface area (Å²) in [5, 5.41) is 4.55. The second-order valence-corrected chi connectivity index (χ2v) is 6.24. The fourth-order valence-electron chi connectivity index (χ4n) is 3.08. The summed E-state index contributed by atoms with van der Waals surface area (Å²) in [6.07, 6.45) is 7.23. The van der Waals surface area contributed by atoms with Crippen LogP contribution < -0.4 is 0 Å². The van der Waals surface area contributed by atoms with Crippen LogP contribution >= 0.6 is 22.6 Å². The molecule has 0 unspecified atom stereocenters. The third-order valence-electron chi connectivity index (χ3n) is 4.06. The van der Waals surface area contributed by atoms with Gasteiger partial charge in [0.2, 0.25) is 0 Å². The maximum absolute atomic E-state index is 5.77. The van der Waals surface area contributed by atoms with Crippen LogP contribution in [-0.4, -0.2) is 28.8 Å². The summed E-state index contributed by atoms with van der Waals surface area (Å²) in [5.74, 6) is -0.261. The highest BCUT2D eigenvalue weighted by atomic mass is 127. The second kappa shape index (κ2) is 5.09. The maximum atomic E-state index is 5.77. The minimum absolute atomic E-state index is 0.261. The van der Waals surface area contributed by atoms with Gasteiger partial charge in [0.15, 0.2) is 5.79 Å². The molecule has 1 aromatic rings. The number of ether oxygens (including phenoxy) is 2. The zero-order valence-corrected chi connectivity index (χ0v) is 12.9. The first-order valence-corrected chi connectivity index (χ1v) is 7.82. The van der Waals surface area contributed by atoms with E-state index < -0.39 is 0 Å². The molecule has 18 heavy (non-hydrogen) atoms. The van der Waals surface area contributed by atoms with E-state index in [4.69, 9.17) is 9.47 Å². The smallest absolute Gasteiger partial charge is 0.168 e. The third kappa shape index (κ3) is 2.20. The van der Waals surface area contributed by atoms with Crippen LogP contribution in [0.2, 0.25) is 0 Å². The molecule has 0 bridgehead atoms. The molecule has 0 N–H and O–H groups in total. The lowest BCUT2D eigenvalue weighted by Crippen LogP contribution is -2.36. The largest absolute Gasteiger partial charge is 0.348 e. The number of rotatable bonds is 2. The highest BCUT2D eigenvalue weighted by molar-refractivity contribution is 14.1. The van der Waals surface area contributed by atoms with Crippen molar-refractivity contribution in [2.45, 2.75) is 50.9 Å². The van der Waals surface area contributed by atoms with Crippen molar-refractivity contribution in [2.75, 3.05) is 13.2 Å². The van der Waals surface area contributed by atoms with Gasteiger partial charge in [0.05, 0.1) is 34.7 Å². The number of aromatic nitrogens is 2. The van der Waals surface area contributed by atoms with Crippen molar-refractivity contribution in [1.29, 1.82) is 0 Å². The van der Waals surface area contributed by atoms with E-state index in [2.05, 4.69) is 39.3 Å². The second-order valence-electron chi connectivity index (χ2n) is 5.08. The molecule has 1 saturated carbocycles. The molecule has 1 aromatic heterocycles. The van der Waals surface area contributed by atoms with E-state index in [9.17, 15) is 0 Å². The van der Waals surface area contributed by atoms with E-state index in [0.717, 1.165) is 45.3 Å². The standard InChI is InChI=1S/C13H19IN2O2/c1-2-12-11(14)9-15-16(12)10-3-5-13(6-4-10)17-7-8-18-13/h9-10H,2-8H2,1H3. The van der Waals surface area contributed by atoms with Gasteiger partial charge < -0.3 is 9.47 Å². The fraction of sp³-hybridized carbons (Fsp3) is 0.769. The monoisotopic (exact) mass is 362 g/mol. The zero-order valence-electron chi connectivity index (χ0n) is 10.7. The number of nitrogens with zero attached hydrogens (tertiary/aromatic N) is 2. The molecular formula is C13H19IN2O2. The lowest BCUT2D eigenvalue weighted by molar-refractivity contribution is -0.181. The first-order valence-electron chi connectivity index (χ1n) is 6.74. The van der Waals surface area contributed by atoms with Crippen LogP contribution in [0.1, 0.15) is 44.3 Å². The van der Waals surface area contributed by atoms with Crippen LogP contribution in [0.3, 0.4) is 0 Å². The quantitative estimate of drug-likeness (QED) is 0.760. The summed E-state index contributed by atoms with van der Waals surface area (Å²) in [5.41, 5.74) is 1.37.